The number of ketones is 2. The quantitative estimate of drug-likeness (QED) is 0.0788. The van der Waals surface area contributed by atoms with E-state index in [1.54, 1.807) is 0 Å². The average molecular weight is 642 g/mol. The summed E-state index contributed by atoms with van der Waals surface area (Å²) in [7, 11) is -20.6. The number of benzene rings is 2. The summed E-state index contributed by atoms with van der Waals surface area (Å²) in [5.74, 6) is -9.21. The minimum Gasteiger partial charge on any atom is -0.506 e. The Morgan fingerprint density at radius 3 is 1.08 bits per heavy atom. The standard InChI is InChI=1S/C16H14N2O16S4.Na/c19-13-7(37(29,30)31)1-5(17-3-35(23,24)25)9-11(13)16(22)10-6(18-4-36(26,27)28)2-8(38(32,33)34)14(20)12(10)15(9)21;/h1-2,17-20H,3-4H2,(H,23,24,25)(H,26,27,28)(H,29,30,31)(H,32,33,34);. The van der Waals surface area contributed by atoms with Crippen LogP contribution in [0.4, 0.5) is 11.4 Å². The normalized spacial score (nSPS) is 13.7. The maximum absolute atomic E-state index is 13.4. The zero-order valence-electron chi connectivity index (χ0n) is 19.0. The summed E-state index contributed by atoms with van der Waals surface area (Å²) in [6.07, 6.45) is 0. The van der Waals surface area contributed by atoms with E-state index in [1.165, 1.54) is 0 Å². The fourth-order valence-corrected chi connectivity index (χ4v) is 5.37. The minimum absolute atomic E-state index is 0. The average Bonchev–Trinajstić information content (AvgIpc) is 2.72. The van der Waals surface area contributed by atoms with Gasteiger partial charge in [-0.25, -0.2) is 0 Å². The first-order valence-electron chi connectivity index (χ1n) is 9.27. The van der Waals surface area contributed by atoms with Crippen molar-refractivity contribution < 1.29 is 71.7 Å². The van der Waals surface area contributed by atoms with E-state index < -0.39 is 119 Å². The van der Waals surface area contributed by atoms with Gasteiger partial charge in [0, 0.05) is 40.9 Å². The van der Waals surface area contributed by atoms with Gasteiger partial charge < -0.3 is 20.8 Å². The van der Waals surface area contributed by atoms with Crippen LogP contribution >= 0.6 is 0 Å². The maximum Gasteiger partial charge on any atom is 0.298 e. The summed E-state index contributed by atoms with van der Waals surface area (Å²) < 4.78 is 129. The van der Waals surface area contributed by atoms with E-state index >= 15 is 0 Å². The van der Waals surface area contributed by atoms with Crippen LogP contribution in [0.25, 0.3) is 0 Å². The van der Waals surface area contributed by atoms with Crippen molar-refractivity contribution in [3.05, 3.63) is 34.4 Å². The summed E-state index contributed by atoms with van der Waals surface area (Å²) in [5.41, 5.74) is -6.53. The Hall–Kier alpha value is -2.38. The van der Waals surface area contributed by atoms with Crippen LogP contribution in [-0.4, -0.2) is 115 Å². The SMILES string of the molecule is O=C1c2c(NCS(=O)(=O)O)cc(S(=O)(=O)O)c(O)c2C(=O)c2c(NCS(=O)(=O)O)cc(S(=O)(=O)O)c(O)c21.[Na]. The Kier molecular flexibility index (Phi) is 8.88. The van der Waals surface area contributed by atoms with E-state index in [0.29, 0.717) is 0 Å². The molecule has 1 radical (unpaired) electrons. The topological polar surface area (TPSA) is 316 Å². The fourth-order valence-electron chi connectivity index (χ4n) is 3.47. The molecule has 3 rings (SSSR count). The van der Waals surface area contributed by atoms with Crippen LogP contribution in [-0.2, 0) is 40.5 Å². The molecule has 0 heterocycles. The maximum atomic E-state index is 13.4. The molecule has 39 heavy (non-hydrogen) atoms. The van der Waals surface area contributed by atoms with Gasteiger partial charge >= 0.3 is 0 Å². The fraction of sp³-hybridized carbons (Fsp3) is 0.125. The van der Waals surface area contributed by atoms with Crippen molar-refractivity contribution in [1.29, 1.82) is 0 Å². The number of nitrogens with one attached hydrogen (secondary N) is 2. The first-order valence-corrected chi connectivity index (χ1v) is 15.4. The molecule has 0 spiro atoms. The zero-order chi connectivity index (χ0) is 29.2. The van der Waals surface area contributed by atoms with E-state index in [2.05, 4.69) is 0 Å². The van der Waals surface area contributed by atoms with Gasteiger partial charge in [-0.05, 0) is 12.1 Å². The van der Waals surface area contributed by atoms with Crippen molar-refractivity contribution in [1.82, 2.24) is 0 Å². The van der Waals surface area contributed by atoms with Crippen molar-refractivity contribution in [3.8, 4) is 11.5 Å². The number of anilines is 2. The molecule has 2 aromatic rings. The molecule has 2 aromatic carbocycles. The third-order valence-electron chi connectivity index (χ3n) is 4.88. The monoisotopic (exact) mass is 641 g/mol. The number of fused-ring (bicyclic) bond motifs is 2. The number of phenolic OH excluding ortho intramolecular Hbond substituents is 2. The van der Waals surface area contributed by atoms with Crippen molar-refractivity contribution in [2.45, 2.75) is 9.79 Å². The molecule has 0 saturated carbocycles. The molecule has 23 heteroatoms. The van der Waals surface area contributed by atoms with Gasteiger partial charge in [-0.15, -0.1) is 0 Å². The van der Waals surface area contributed by atoms with Gasteiger partial charge in [0.15, 0.2) is 0 Å². The molecular weight excluding hydrogens is 627 g/mol. The molecular formula is C16H14N2NaO16S4. The van der Waals surface area contributed by atoms with Gasteiger partial charge in [0.2, 0.25) is 11.6 Å². The Labute approximate surface area is 241 Å². The van der Waals surface area contributed by atoms with Gasteiger partial charge in [-0.3, -0.25) is 27.8 Å². The Morgan fingerprint density at radius 2 is 0.846 bits per heavy atom. The third-order valence-corrected chi connectivity index (χ3v) is 7.64. The first-order chi connectivity index (χ1) is 17.0. The Balaban J connectivity index is 0.00000533. The number of rotatable bonds is 8. The van der Waals surface area contributed by atoms with Crippen LogP contribution in [0.5, 0.6) is 11.5 Å². The zero-order valence-corrected chi connectivity index (χ0v) is 24.2. The summed E-state index contributed by atoms with van der Waals surface area (Å²) in [6.45, 7) is 0. The van der Waals surface area contributed by atoms with Crippen molar-refractivity contribution in [2.24, 2.45) is 0 Å². The first kappa shape index (κ1) is 32.8. The van der Waals surface area contributed by atoms with Gasteiger partial charge in [0.05, 0.1) is 22.3 Å². The molecule has 209 valence electrons. The second kappa shape index (κ2) is 10.5. The predicted octanol–water partition coefficient (Wildman–Crippen LogP) is -1.50. The molecule has 18 nitrogen and oxygen atoms in total. The second-order valence-corrected chi connectivity index (χ2v) is 13.1. The number of hydrogen-bond donors (Lipinski definition) is 8. The molecule has 0 aliphatic heterocycles. The summed E-state index contributed by atoms with van der Waals surface area (Å²) in [6, 6.07) is 0.568. The van der Waals surface area contributed by atoms with Gasteiger partial charge in [-0.1, -0.05) is 0 Å². The molecule has 0 atom stereocenters. The number of aromatic hydroxyl groups is 2. The van der Waals surface area contributed by atoms with Crippen LogP contribution in [0.15, 0.2) is 21.9 Å². The van der Waals surface area contributed by atoms with E-state index in [-0.39, 0.29) is 41.7 Å². The molecule has 1 aliphatic carbocycles. The number of phenols is 2. The molecule has 0 bridgehead atoms. The van der Waals surface area contributed by atoms with Gasteiger partial charge in [0.25, 0.3) is 40.5 Å². The summed E-state index contributed by atoms with van der Waals surface area (Å²) in [4.78, 5) is 23.9. The smallest absolute Gasteiger partial charge is 0.298 e. The van der Waals surface area contributed by atoms with Gasteiger partial charge in [0.1, 0.15) is 33.0 Å². The molecule has 0 aromatic heterocycles. The van der Waals surface area contributed by atoms with E-state index in [1.807, 2.05) is 10.6 Å². The Morgan fingerprint density at radius 1 is 0.564 bits per heavy atom. The van der Waals surface area contributed by atoms with E-state index in [9.17, 15) is 62.6 Å². The third kappa shape index (κ3) is 6.68. The molecule has 0 unspecified atom stereocenters. The minimum atomic E-state index is -5.39. The summed E-state index contributed by atoms with van der Waals surface area (Å²) in [5, 5.41) is 24.7. The molecule has 0 fully saturated rings. The molecule has 8 N–H and O–H groups in total. The van der Waals surface area contributed by atoms with E-state index in [4.69, 9.17) is 9.11 Å². The van der Waals surface area contributed by atoms with Crippen molar-refractivity contribution >= 4 is 93.0 Å². The van der Waals surface area contributed by atoms with Crippen molar-refractivity contribution in [3.63, 3.8) is 0 Å². The van der Waals surface area contributed by atoms with Crippen LogP contribution in [0.3, 0.4) is 0 Å². The summed E-state index contributed by atoms with van der Waals surface area (Å²) >= 11 is 0. The molecule has 1 aliphatic rings. The van der Waals surface area contributed by atoms with Crippen LogP contribution in [0, 0.1) is 0 Å². The van der Waals surface area contributed by atoms with Crippen molar-refractivity contribution in [2.75, 3.05) is 22.4 Å². The predicted molar refractivity (Wildman–Crippen MR) is 129 cm³/mol. The number of hydrogen-bond acceptors (Lipinski definition) is 14. The van der Waals surface area contributed by atoms with Crippen LogP contribution < -0.4 is 10.6 Å². The largest absolute Gasteiger partial charge is 0.506 e. The Bertz CT molecular complexity index is 1730. The molecule has 0 amide bonds. The number of carbonyl (C=O) groups excluding carboxylic acids is 2. The second-order valence-electron chi connectivity index (χ2n) is 7.46. The van der Waals surface area contributed by atoms with E-state index in [0.717, 1.165) is 0 Å². The van der Waals surface area contributed by atoms with Crippen LogP contribution in [0.1, 0.15) is 31.8 Å². The van der Waals surface area contributed by atoms with Crippen LogP contribution in [0.2, 0.25) is 0 Å². The van der Waals surface area contributed by atoms with Gasteiger partial charge in [-0.2, -0.15) is 33.7 Å². The molecule has 0 saturated heterocycles. The number of carbonyl (C=O) groups is 2.